The number of thioether (sulfide) groups is 1. The van der Waals surface area contributed by atoms with E-state index in [1.807, 2.05) is 43.0 Å². The van der Waals surface area contributed by atoms with Gasteiger partial charge in [0.1, 0.15) is 0 Å². The number of aryl methyl sites for hydroxylation is 1. The van der Waals surface area contributed by atoms with Crippen molar-refractivity contribution < 1.29 is 4.79 Å². The summed E-state index contributed by atoms with van der Waals surface area (Å²) in [6.07, 6.45) is 6.01. The van der Waals surface area contributed by atoms with Crippen molar-refractivity contribution in [1.82, 2.24) is 5.32 Å². The lowest BCUT2D eigenvalue weighted by Crippen LogP contribution is -2.45. The van der Waals surface area contributed by atoms with E-state index >= 15 is 0 Å². The molecule has 0 radical (unpaired) electrons. The molecule has 19 heavy (non-hydrogen) atoms. The third kappa shape index (κ3) is 3.98. The van der Waals surface area contributed by atoms with Crippen LogP contribution in [0.5, 0.6) is 0 Å². The van der Waals surface area contributed by atoms with Crippen molar-refractivity contribution in [3.05, 3.63) is 29.8 Å². The van der Waals surface area contributed by atoms with E-state index in [0.29, 0.717) is 11.3 Å². The van der Waals surface area contributed by atoms with Crippen LogP contribution in [0.15, 0.2) is 24.3 Å². The van der Waals surface area contributed by atoms with Crippen LogP contribution >= 0.6 is 11.8 Å². The maximum atomic E-state index is 11.8. The number of carbonyl (C=O) groups is 1. The van der Waals surface area contributed by atoms with E-state index in [1.165, 1.54) is 24.8 Å². The molecule has 0 aromatic heterocycles. The number of amides is 1. The Kier molecular flexibility index (Phi) is 4.88. The van der Waals surface area contributed by atoms with Crippen LogP contribution in [0, 0.1) is 6.92 Å². The summed E-state index contributed by atoms with van der Waals surface area (Å²) in [6.45, 7) is 3.35. The normalized spacial score (nSPS) is 16.7. The minimum absolute atomic E-state index is 0.0272. The zero-order valence-electron chi connectivity index (χ0n) is 11.7. The molecule has 104 valence electrons. The maximum absolute atomic E-state index is 11.8. The molecule has 1 aromatic carbocycles. The number of nitrogens with one attached hydrogen (secondary N) is 2. The Labute approximate surface area is 119 Å². The molecule has 0 atom stereocenters. The van der Waals surface area contributed by atoms with Crippen molar-refractivity contribution in [2.24, 2.45) is 0 Å². The predicted octanol–water partition coefficient (Wildman–Crippen LogP) is 2.81. The fourth-order valence-corrected chi connectivity index (χ4v) is 3.21. The lowest BCUT2D eigenvalue weighted by molar-refractivity contribution is -0.115. The van der Waals surface area contributed by atoms with Crippen molar-refractivity contribution in [2.75, 3.05) is 24.7 Å². The van der Waals surface area contributed by atoms with E-state index in [4.69, 9.17) is 0 Å². The van der Waals surface area contributed by atoms with Crippen molar-refractivity contribution in [1.29, 1.82) is 0 Å². The van der Waals surface area contributed by atoms with Gasteiger partial charge < -0.3 is 10.6 Å². The molecular weight excluding hydrogens is 256 g/mol. The Morgan fingerprint density at radius 2 is 2.00 bits per heavy atom. The van der Waals surface area contributed by atoms with Crippen LogP contribution in [0.1, 0.15) is 24.8 Å². The molecule has 4 heteroatoms. The number of hydrogen-bond donors (Lipinski definition) is 2. The third-order valence-electron chi connectivity index (χ3n) is 3.77. The summed E-state index contributed by atoms with van der Waals surface area (Å²) in [7, 11) is 0. The molecule has 3 nitrogen and oxygen atoms in total. The van der Waals surface area contributed by atoms with E-state index in [2.05, 4.69) is 16.9 Å². The Hall–Kier alpha value is -1.00. The SMILES string of the molecule is CSC1(CNCC(=O)Nc2ccc(C)cc2)CCC1. The average Bonchev–Trinajstić information content (AvgIpc) is 2.35. The molecule has 1 aliphatic rings. The Morgan fingerprint density at radius 3 is 2.53 bits per heavy atom. The van der Waals surface area contributed by atoms with Gasteiger partial charge in [-0.2, -0.15) is 11.8 Å². The summed E-state index contributed by atoms with van der Waals surface area (Å²) < 4.78 is 0.379. The van der Waals surface area contributed by atoms with Gasteiger partial charge in [-0.1, -0.05) is 24.1 Å². The summed E-state index contributed by atoms with van der Waals surface area (Å²) in [6, 6.07) is 7.87. The van der Waals surface area contributed by atoms with E-state index in [0.717, 1.165) is 12.2 Å². The molecule has 1 aliphatic carbocycles. The Balaban J connectivity index is 1.71. The second kappa shape index (κ2) is 6.44. The summed E-state index contributed by atoms with van der Waals surface area (Å²) in [5.41, 5.74) is 2.06. The molecule has 0 saturated heterocycles. The lowest BCUT2D eigenvalue weighted by atomic mass is 9.84. The van der Waals surface area contributed by atoms with E-state index < -0.39 is 0 Å². The highest BCUT2D eigenvalue weighted by Crippen LogP contribution is 2.42. The van der Waals surface area contributed by atoms with Gasteiger partial charge in [-0.15, -0.1) is 0 Å². The van der Waals surface area contributed by atoms with Gasteiger partial charge in [0.05, 0.1) is 6.54 Å². The largest absolute Gasteiger partial charge is 0.325 e. The monoisotopic (exact) mass is 278 g/mol. The van der Waals surface area contributed by atoms with Gasteiger partial charge in [-0.25, -0.2) is 0 Å². The van der Waals surface area contributed by atoms with Gasteiger partial charge in [-0.3, -0.25) is 4.79 Å². The first-order valence-electron chi connectivity index (χ1n) is 6.76. The zero-order valence-corrected chi connectivity index (χ0v) is 12.5. The number of benzene rings is 1. The molecule has 1 saturated carbocycles. The van der Waals surface area contributed by atoms with Gasteiger partial charge in [0.25, 0.3) is 0 Å². The quantitative estimate of drug-likeness (QED) is 0.840. The van der Waals surface area contributed by atoms with Crippen molar-refractivity contribution in [3.8, 4) is 0 Å². The lowest BCUT2D eigenvalue weighted by Gasteiger charge is -2.40. The molecule has 0 unspecified atom stereocenters. The molecule has 1 fully saturated rings. The average molecular weight is 278 g/mol. The predicted molar refractivity (Wildman–Crippen MR) is 82.8 cm³/mol. The van der Waals surface area contributed by atoms with E-state index in [9.17, 15) is 4.79 Å². The molecule has 2 rings (SSSR count). The Bertz CT molecular complexity index is 421. The molecule has 0 aliphatic heterocycles. The fraction of sp³-hybridized carbons (Fsp3) is 0.533. The highest BCUT2D eigenvalue weighted by Gasteiger charge is 2.35. The summed E-state index contributed by atoms with van der Waals surface area (Å²) in [4.78, 5) is 11.8. The second-order valence-electron chi connectivity index (χ2n) is 5.26. The first kappa shape index (κ1) is 14.4. The minimum atomic E-state index is 0.0272. The van der Waals surface area contributed by atoms with Crippen molar-refractivity contribution in [2.45, 2.75) is 30.9 Å². The van der Waals surface area contributed by atoms with Crippen LogP contribution in [0.25, 0.3) is 0 Å². The van der Waals surface area contributed by atoms with Crippen molar-refractivity contribution >= 4 is 23.4 Å². The topological polar surface area (TPSA) is 41.1 Å². The summed E-state index contributed by atoms with van der Waals surface area (Å²) in [5, 5.41) is 6.18. The zero-order chi connectivity index (χ0) is 13.7. The smallest absolute Gasteiger partial charge is 0.238 e. The van der Waals surface area contributed by atoms with Gasteiger partial charge in [0, 0.05) is 17.0 Å². The first-order chi connectivity index (χ1) is 9.13. The van der Waals surface area contributed by atoms with E-state index in [-0.39, 0.29) is 5.91 Å². The number of hydrogen-bond acceptors (Lipinski definition) is 3. The standard InChI is InChI=1S/C15H22N2OS/c1-12-4-6-13(7-5-12)17-14(18)10-16-11-15(19-2)8-3-9-15/h4-7,16H,3,8-11H2,1-2H3,(H,17,18). The van der Waals surface area contributed by atoms with Gasteiger partial charge in [0.15, 0.2) is 0 Å². The highest BCUT2D eigenvalue weighted by atomic mass is 32.2. The summed E-state index contributed by atoms with van der Waals surface area (Å²) >= 11 is 1.92. The fourth-order valence-electron chi connectivity index (χ4n) is 2.27. The first-order valence-corrected chi connectivity index (χ1v) is 7.98. The van der Waals surface area contributed by atoms with Gasteiger partial charge >= 0.3 is 0 Å². The van der Waals surface area contributed by atoms with Gasteiger partial charge in [-0.05, 0) is 38.2 Å². The molecular formula is C15H22N2OS. The number of rotatable bonds is 6. The van der Waals surface area contributed by atoms with Crippen LogP contribution < -0.4 is 10.6 Å². The maximum Gasteiger partial charge on any atom is 0.238 e. The molecule has 0 heterocycles. The molecule has 2 N–H and O–H groups in total. The van der Waals surface area contributed by atoms with Crippen molar-refractivity contribution in [3.63, 3.8) is 0 Å². The number of carbonyl (C=O) groups excluding carboxylic acids is 1. The highest BCUT2D eigenvalue weighted by molar-refractivity contribution is 8.00. The van der Waals surface area contributed by atoms with Gasteiger partial charge in [0.2, 0.25) is 5.91 Å². The minimum Gasteiger partial charge on any atom is -0.325 e. The van der Waals surface area contributed by atoms with Crippen LogP contribution in [-0.4, -0.2) is 30.0 Å². The van der Waals surface area contributed by atoms with Crippen LogP contribution in [0.3, 0.4) is 0 Å². The third-order valence-corrected chi connectivity index (χ3v) is 5.18. The van der Waals surface area contributed by atoms with Crippen LogP contribution in [0.4, 0.5) is 5.69 Å². The van der Waals surface area contributed by atoms with Crippen LogP contribution in [0.2, 0.25) is 0 Å². The second-order valence-corrected chi connectivity index (χ2v) is 6.53. The molecule has 0 bridgehead atoms. The molecule has 1 aromatic rings. The summed E-state index contributed by atoms with van der Waals surface area (Å²) in [5.74, 6) is 0.0272. The number of anilines is 1. The Morgan fingerprint density at radius 1 is 1.32 bits per heavy atom. The molecule has 0 spiro atoms. The van der Waals surface area contributed by atoms with E-state index in [1.54, 1.807) is 0 Å². The van der Waals surface area contributed by atoms with Crippen LogP contribution in [-0.2, 0) is 4.79 Å². The molecule has 1 amide bonds.